The number of benzene rings is 1. The molecule has 0 radical (unpaired) electrons. The first-order valence-corrected chi connectivity index (χ1v) is 8.19. The number of H-pyrrole nitrogens is 1. The lowest BCUT2D eigenvalue weighted by Crippen LogP contribution is -2.27. The summed E-state index contributed by atoms with van der Waals surface area (Å²) in [5.41, 5.74) is 9.48. The highest BCUT2D eigenvalue weighted by molar-refractivity contribution is 6.30. The summed E-state index contributed by atoms with van der Waals surface area (Å²) in [7, 11) is 0. The van der Waals surface area contributed by atoms with Gasteiger partial charge in [-0.2, -0.15) is 0 Å². The van der Waals surface area contributed by atoms with Gasteiger partial charge in [0.25, 0.3) is 0 Å². The third-order valence-electron chi connectivity index (χ3n) is 3.68. The van der Waals surface area contributed by atoms with Crippen molar-refractivity contribution >= 4 is 23.1 Å². The second-order valence-corrected chi connectivity index (χ2v) is 5.91. The number of aromatic nitrogens is 2. The standard InChI is InChI=1S/C18H19ClN6/c1-12(13-3-2-4-14(19)9-13)25-18-16(6-8-23-18)17(20)22-7-5-15-10-21-11-24-15/h2-4,6,8-11,22H,1,5,7,20H2,(H,21,24)(H,23,25)/b17-16+. The van der Waals surface area contributed by atoms with Gasteiger partial charge in [0.15, 0.2) is 0 Å². The van der Waals surface area contributed by atoms with Crippen LogP contribution in [0.25, 0.3) is 5.70 Å². The van der Waals surface area contributed by atoms with Crippen molar-refractivity contribution < 1.29 is 0 Å². The summed E-state index contributed by atoms with van der Waals surface area (Å²) in [6.45, 7) is 4.70. The number of nitrogens with one attached hydrogen (secondary N) is 3. The Morgan fingerprint density at radius 1 is 1.40 bits per heavy atom. The number of imidazole rings is 1. The Morgan fingerprint density at radius 3 is 3.04 bits per heavy atom. The molecule has 7 heteroatoms. The normalized spacial score (nSPS) is 16.8. The van der Waals surface area contributed by atoms with E-state index in [9.17, 15) is 0 Å². The zero-order chi connectivity index (χ0) is 17.6. The van der Waals surface area contributed by atoms with Gasteiger partial charge in [0.05, 0.1) is 17.6 Å². The molecular formula is C18H19ClN6. The predicted octanol–water partition coefficient (Wildman–Crippen LogP) is 2.55. The fourth-order valence-corrected chi connectivity index (χ4v) is 2.58. The van der Waals surface area contributed by atoms with Crippen molar-refractivity contribution in [2.75, 3.05) is 6.54 Å². The molecule has 5 N–H and O–H groups in total. The fraction of sp³-hybridized carbons (Fsp3) is 0.111. The number of hydrogen-bond donors (Lipinski definition) is 4. The van der Waals surface area contributed by atoms with Crippen LogP contribution in [0.5, 0.6) is 0 Å². The molecule has 0 unspecified atom stereocenters. The third-order valence-corrected chi connectivity index (χ3v) is 3.92. The van der Waals surface area contributed by atoms with E-state index in [1.54, 1.807) is 18.7 Å². The van der Waals surface area contributed by atoms with Crippen LogP contribution < -0.4 is 16.4 Å². The Morgan fingerprint density at radius 2 is 2.28 bits per heavy atom. The van der Waals surface area contributed by atoms with Crippen molar-refractivity contribution in [3.63, 3.8) is 0 Å². The summed E-state index contributed by atoms with van der Waals surface area (Å²) >= 11 is 6.02. The summed E-state index contributed by atoms with van der Waals surface area (Å²) in [5, 5.41) is 6.94. The van der Waals surface area contributed by atoms with Crippen molar-refractivity contribution in [2.24, 2.45) is 10.7 Å². The number of nitrogens with zero attached hydrogens (tertiary/aromatic N) is 2. The molecule has 0 saturated heterocycles. The highest BCUT2D eigenvalue weighted by atomic mass is 35.5. The predicted molar refractivity (Wildman–Crippen MR) is 102 cm³/mol. The van der Waals surface area contributed by atoms with E-state index in [1.807, 2.05) is 30.3 Å². The molecule has 0 bridgehead atoms. The van der Waals surface area contributed by atoms with Gasteiger partial charge in [0.1, 0.15) is 11.7 Å². The highest BCUT2D eigenvalue weighted by Gasteiger charge is 2.14. The maximum Gasteiger partial charge on any atom is 0.141 e. The minimum absolute atomic E-state index is 0.554. The molecule has 0 amide bonds. The molecule has 1 aliphatic rings. The number of aromatic amines is 1. The van der Waals surface area contributed by atoms with Gasteiger partial charge in [-0.1, -0.05) is 30.3 Å². The van der Waals surface area contributed by atoms with Gasteiger partial charge in [-0.15, -0.1) is 0 Å². The molecule has 0 spiro atoms. The molecule has 1 aliphatic heterocycles. The average Bonchev–Trinajstić information content (AvgIpc) is 3.26. The number of nitrogens with two attached hydrogens (primary N) is 1. The molecule has 0 fully saturated rings. The summed E-state index contributed by atoms with van der Waals surface area (Å²) in [4.78, 5) is 11.6. The summed E-state index contributed by atoms with van der Waals surface area (Å²) in [5.74, 6) is 1.20. The number of aliphatic imine (C=N–C) groups is 1. The first-order valence-electron chi connectivity index (χ1n) is 7.81. The van der Waals surface area contributed by atoms with E-state index in [-0.39, 0.29) is 0 Å². The van der Waals surface area contributed by atoms with Crippen LogP contribution in [0.2, 0.25) is 5.02 Å². The lowest BCUT2D eigenvalue weighted by molar-refractivity contribution is 0.765. The van der Waals surface area contributed by atoms with Crippen LogP contribution in [-0.2, 0) is 6.42 Å². The van der Waals surface area contributed by atoms with Crippen LogP contribution in [0.3, 0.4) is 0 Å². The Labute approximate surface area is 151 Å². The van der Waals surface area contributed by atoms with Gasteiger partial charge in [0.2, 0.25) is 0 Å². The Kier molecular flexibility index (Phi) is 5.20. The van der Waals surface area contributed by atoms with Crippen LogP contribution in [0.15, 0.2) is 72.0 Å². The minimum atomic E-state index is 0.554. The molecule has 2 aromatic rings. The van der Waals surface area contributed by atoms with Crippen molar-refractivity contribution in [3.05, 3.63) is 83.3 Å². The van der Waals surface area contributed by atoms with Crippen LogP contribution in [-0.4, -0.2) is 22.3 Å². The zero-order valence-corrected chi connectivity index (χ0v) is 14.3. The second-order valence-electron chi connectivity index (χ2n) is 5.48. The number of halogens is 1. The Hall–Kier alpha value is -2.99. The van der Waals surface area contributed by atoms with E-state index in [2.05, 4.69) is 32.2 Å². The number of rotatable bonds is 6. The van der Waals surface area contributed by atoms with Crippen LogP contribution in [0, 0.1) is 0 Å². The largest absolute Gasteiger partial charge is 0.385 e. The monoisotopic (exact) mass is 354 g/mol. The van der Waals surface area contributed by atoms with Crippen molar-refractivity contribution in [3.8, 4) is 0 Å². The van der Waals surface area contributed by atoms with Gasteiger partial charge in [-0.05, 0) is 18.2 Å². The molecule has 0 saturated carbocycles. The zero-order valence-electron chi connectivity index (χ0n) is 13.6. The fourth-order valence-electron chi connectivity index (χ4n) is 2.39. The molecule has 0 atom stereocenters. The maximum absolute atomic E-state index is 6.17. The van der Waals surface area contributed by atoms with Crippen LogP contribution >= 0.6 is 11.6 Å². The summed E-state index contributed by atoms with van der Waals surface area (Å²) < 4.78 is 0. The van der Waals surface area contributed by atoms with E-state index in [1.165, 1.54) is 0 Å². The topological polar surface area (TPSA) is 91.1 Å². The van der Waals surface area contributed by atoms with Gasteiger partial charge in [-0.25, -0.2) is 9.98 Å². The Bertz CT molecular complexity index is 848. The van der Waals surface area contributed by atoms with Crippen molar-refractivity contribution in [1.29, 1.82) is 0 Å². The highest BCUT2D eigenvalue weighted by Crippen LogP contribution is 2.20. The molecule has 0 aliphatic carbocycles. The van der Waals surface area contributed by atoms with Gasteiger partial charge in [0, 0.05) is 41.6 Å². The molecular weight excluding hydrogens is 336 g/mol. The van der Waals surface area contributed by atoms with E-state index >= 15 is 0 Å². The maximum atomic E-state index is 6.17. The van der Waals surface area contributed by atoms with E-state index < -0.39 is 0 Å². The van der Waals surface area contributed by atoms with Crippen LogP contribution in [0.4, 0.5) is 0 Å². The summed E-state index contributed by atoms with van der Waals surface area (Å²) in [6, 6.07) is 7.42. The molecule has 1 aromatic heterocycles. The lowest BCUT2D eigenvalue weighted by atomic mass is 10.2. The second kappa shape index (κ2) is 7.72. The first-order chi connectivity index (χ1) is 12.1. The number of amidine groups is 1. The first kappa shape index (κ1) is 16.9. The van der Waals surface area contributed by atoms with Gasteiger partial charge < -0.3 is 21.4 Å². The minimum Gasteiger partial charge on any atom is -0.385 e. The smallest absolute Gasteiger partial charge is 0.141 e. The molecule has 25 heavy (non-hydrogen) atoms. The molecule has 6 nitrogen and oxygen atoms in total. The van der Waals surface area contributed by atoms with Crippen molar-refractivity contribution in [2.45, 2.75) is 6.42 Å². The van der Waals surface area contributed by atoms with E-state index in [0.717, 1.165) is 23.3 Å². The molecule has 128 valence electrons. The quantitative estimate of drug-likeness (QED) is 0.641. The average molecular weight is 355 g/mol. The van der Waals surface area contributed by atoms with Crippen LogP contribution in [0.1, 0.15) is 11.3 Å². The molecule has 3 rings (SSSR count). The van der Waals surface area contributed by atoms with E-state index in [4.69, 9.17) is 17.3 Å². The molecule has 1 aromatic carbocycles. The van der Waals surface area contributed by atoms with E-state index in [0.29, 0.717) is 28.9 Å². The third kappa shape index (κ3) is 4.30. The van der Waals surface area contributed by atoms with Gasteiger partial charge >= 0.3 is 0 Å². The lowest BCUT2D eigenvalue weighted by Gasteiger charge is -2.10. The number of hydrogen-bond acceptors (Lipinski definition) is 4. The van der Waals surface area contributed by atoms with Crippen molar-refractivity contribution in [1.82, 2.24) is 20.6 Å². The molecule has 2 heterocycles. The summed E-state index contributed by atoms with van der Waals surface area (Å²) in [6.07, 6.45) is 7.93. The SMILES string of the molecule is C=C(/N=C1/NC=C/C1=C(/N)NCCc1cnc[nH]1)c1cccc(Cl)c1. The Balaban J connectivity index is 1.69. The van der Waals surface area contributed by atoms with Gasteiger partial charge in [-0.3, -0.25) is 0 Å².